The molecule has 0 saturated carbocycles. The molecule has 0 aliphatic heterocycles. The van der Waals surface area contributed by atoms with Gasteiger partial charge in [-0.2, -0.15) is 0 Å². The second-order valence-corrected chi connectivity index (χ2v) is 3.79. The SMILES string of the molecule is CCC(=O)N(C)Cc1cccc(C(N)=NO)c1. The molecular formula is C12H17N3O2. The van der Waals surface area contributed by atoms with Gasteiger partial charge in [-0.3, -0.25) is 4.79 Å². The van der Waals surface area contributed by atoms with Gasteiger partial charge in [0.25, 0.3) is 0 Å². The first kappa shape index (κ1) is 13.0. The van der Waals surface area contributed by atoms with E-state index in [1.807, 2.05) is 19.1 Å². The van der Waals surface area contributed by atoms with Crippen LogP contribution >= 0.6 is 0 Å². The molecule has 0 aromatic heterocycles. The van der Waals surface area contributed by atoms with Crippen molar-refractivity contribution in [3.63, 3.8) is 0 Å². The highest BCUT2D eigenvalue weighted by molar-refractivity contribution is 5.97. The Morgan fingerprint density at radius 3 is 2.82 bits per heavy atom. The minimum Gasteiger partial charge on any atom is -0.409 e. The Balaban J connectivity index is 2.82. The molecule has 1 aromatic carbocycles. The summed E-state index contributed by atoms with van der Waals surface area (Å²) in [5, 5.41) is 11.5. The lowest BCUT2D eigenvalue weighted by atomic mass is 10.1. The van der Waals surface area contributed by atoms with Crippen molar-refractivity contribution in [1.82, 2.24) is 4.90 Å². The van der Waals surface area contributed by atoms with Gasteiger partial charge in [0.15, 0.2) is 5.84 Å². The van der Waals surface area contributed by atoms with Gasteiger partial charge in [-0.05, 0) is 11.6 Å². The molecule has 0 aliphatic carbocycles. The third-order valence-electron chi connectivity index (χ3n) is 2.48. The maximum absolute atomic E-state index is 11.4. The molecule has 1 rings (SSSR count). The highest BCUT2D eigenvalue weighted by Gasteiger charge is 2.07. The molecule has 1 amide bonds. The van der Waals surface area contributed by atoms with Gasteiger partial charge in [0, 0.05) is 25.6 Å². The van der Waals surface area contributed by atoms with E-state index >= 15 is 0 Å². The molecule has 0 bridgehead atoms. The minimum absolute atomic E-state index is 0.0660. The minimum atomic E-state index is 0.0660. The Bertz CT molecular complexity index is 430. The maximum atomic E-state index is 11.4. The molecule has 5 heteroatoms. The number of oxime groups is 1. The van der Waals surface area contributed by atoms with Crippen molar-refractivity contribution in [2.45, 2.75) is 19.9 Å². The average molecular weight is 235 g/mol. The number of nitrogens with zero attached hydrogens (tertiary/aromatic N) is 2. The normalized spacial score (nSPS) is 11.3. The van der Waals surface area contributed by atoms with Gasteiger partial charge in [-0.15, -0.1) is 0 Å². The van der Waals surface area contributed by atoms with Crippen LogP contribution in [-0.4, -0.2) is 28.9 Å². The summed E-state index contributed by atoms with van der Waals surface area (Å²) in [5.74, 6) is 0.149. The second kappa shape index (κ2) is 5.89. The fraction of sp³-hybridized carbons (Fsp3) is 0.333. The Hall–Kier alpha value is -2.04. The lowest BCUT2D eigenvalue weighted by molar-refractivity contribution is -0.130. The average Bonchev–Trinajstić information content (AvgIpc) is 2.37. The Morgan fingerprint density at radius 1 is 1.53 bits per heavy atom. The van der Waals surface area contributed by atoms with Crippen molar-refractivity contribution < 1.29 is 10.0 Å². The van der Waals surface area contributed by atoms with Crippen LogP contribution in [0.2, 0.25) is 0 Å². The van der Waals surface area contributed by atoms with E-state index in [1.165, 1.54) is 0 Å². The van der Waals surface area contributed by atoms with E-state index in [-0.39, 0.29) is 11.7 Å². The fourth-order valence-electron chi connectivity index (χ4n) is 1.52. The Kier molecular flexibility index (Phi) is 4.51. The van der Waals surface area contributed by atoms with Gasteiger partial charge in [0.1, 0.15) is 0 Å². The largest absolute Gasteiger partial charge is 0.409 e. The van der Waals surface area contributed by atoms with Gasteiger partial charge in [0.2, 0.25) is 5.91 Å². The van der Waals surface area contributed by atoms with E-state index in [9.17, 15) is 4.79 Å². The summed E-state index contributed by atoms with van der Waals surface area (Å²) in [5.41, 5.74) is 7.08. The van der Waals surface area contributed by atoms with Crippen molar-refractivity contribution in [1.29, 1.82) is 0 Å². The van der Waals surface area contributed by atoms with Gasteiger partial charge in [-0.25, -0.2) is 0 Å². The third-order valence-corrected chi connectivity index (χ3v) is 2.48. The lowest BCUT2D eigenvalue weighted by Crippen LogP contribution is -2.25. The molecule has 0 spiro atoms. The summed E-state index contributed by atoms with van der Waals surface area (Å²) in [6.45, 7) is 2.34. The Labute approximate surface area is 101 Å². The van der Waals surface area contributed by atoms with Crippen molar-refractivity contribution in [2.24, 2.45) is 10.9 Å². The fourth-order valence-corrected chi connectivity index (χ4v) is 1.52. The molecule has 0 aliphatic rings. The number of nitrogens with two attached hydrogens (primary N) is 1. The number of hydrogen-bond acceptors (Lipinski definition) is 3. The number of rotatable bonds is 4. The zero-order valence-electron chi connectivity index (χ0n) is 10.1. The third kappa shape index (κ3) is 3.48. The zero-order chi connectivity index (χ0) is 12.8. The van der Waals surface area contributed by atoms with Crippen LogP contribution < -0.4 is 5.73 Å². The van der Waals surface area contributed by atoms with Crippen molar-refractivity contribution >= 4 is 11.7 Å². The predicted molar refractivity (Wildman–Crippen MR) is 65.7 cm³/mol. The molecule has 0 heterocycles. The number of hydrogen-bond donors (Lipinski definition) is 2. The summed E-state index contributed by atoms with van der Waals surface area (Å²) in [4.78, 5) is 13.1. The monoisotopic (exact) mass is 235 g/mol. The van der Waals surface area contributed by atoms with Crippen LogP contribution in [0.25, 0.3) is 0 Å². The topological polar surface area (TPSA) is 78.9 Å². The van der Waals surface area contributed by atoms with E-state index in [2.05, 4.69) is 5.16 Å². The summed E-state index contributed by atoms with van der Waals surface area (Å²) in [6, 6.07) is 7.26. The van der Waals surface area contributed by atoms with Crippen LogP contribution in [0.4, 0.5) is 0 Å². The van der Waals surface area contributed by atoms with Crippen molar-refractivity contribution in [3.8, 4) is 0 Å². The number of carbonyl (C=O) groups is 1. The summed E-state index contributed by atoms with van der Waals surface area (Å²) in [6.07, 6.45) is 0.483. The molecule has 0 fully saturated rings. The molecule has 3 N–H and O–H groups in total. The molecule has 0 atom stereocenters. The summed E-state index contributed by atoms with van der Waals surface area (Å²) >= 11 is 0. The summed E-state index contributed by atoms with van der Waals surface area (Å²) in [7, 11) is 1.75. The predicted octanol–water partition coefficient (Wildman–Crippen LogP) is 1.15. The quantitative estimate of drug-likeness (QED) is 0.355. The maximum Gasteiger partial charge on any atom is 0.222 e. The molecular weight excluding hydrogens is 218 g/mol. The van der Waals surface area contributed by atoms with E-state index in [1.54, 1.807) is 24.1 Å². The number of amides is 1. The van der Waals surface area contributed by atoms with Crippen LogP contribution in [0.3, 0.4) is 0 Å². The van der Waals surface area contributed by atoms with Gasteiger partial charge in [-0.1, -0.05) is 30.3 Å². The van der Waals surface area contributed by atoms with Crippen molar-refractivity contribution in [3.05, 3.63) is 35.4 Å². The molecule has 5 nitrogen and oxygen atoms in total. The van der Waals surface area contributed by atoms with E-state index in [0.29, 0.717) is 18.5 Å². The van der Waals surface area contributed by atoms with Crippen molar-refractivity contribution in [2.75, 3.05) is 7.05 Å². The molecule has 0 unspecified atom stereocenters. The van der Waals surface area contributed by atoms with Crippen LogP contribution in [-0.2, 0) is 11.3 Å². The number of amidine groups is 1. The number of benzene rings is 1. The van der Waals surface area contributed by atoms with E-state index in [4.69, 9.17) is 10.9 Å². The first-order chi connectivity index (χ1) is 8.08. The van der Waals surface area contributed by atoms with Crippen LogP contribution in [0.5, 0.6) is 0 Å². The van der Waals surface area contributed by atoms with E-state index < -0.39 is 0 Å². The highest BCUT2D eigenvalue weighted by Crippen LogP contribution is 2.08. The summed E-state index contributed by atoms with van der Waals surface area (Å²) < 4.78 is 0. The van der Waals surface area contributed by atoms with Gasteiger partial charge >= 0.3 is 0 Å². The molecule has 92 valence electrons. The Morgan fingerprint density at radius 2 is 2.24 bits per heavy atom. The highest BCUT2D eigenvalue weighted by atomic mass is 16.4. The van der Waals surface area contributed by atoms with Gasteiger partial charge < -0.3 is 15.8 Å². The first-order valence-corrected chi connectivity index (χ1v) is 5.39. The van der Waals surface area contributed by atoms with E-state index in [0.717, 1.165) is 5.56 Å². The molecule has 1 aromatic rings. The second-order valence-electron chi connectivity index (χ2n) is 3.79. The zero-order valence-corrected chi connectivity index (χ0v) is 10.1. The molecule has 0 saturated heterocycles. The molecule has 0 radical (unpaired) electrons. The number of carbonyl (C=O) groups excluding carboxylic acids is 1. The standard InChI is InChI=1S/C12H17N3O2/c1-3-11(16)15(2)8-9-5-4-6-10(7-9)12(13)14-17/h4-7,17H,3,8H2,1-2H3,(H2,13,14). The smallest absolute Gasteiger partial charge is 0.222 e. The van der Waals surface area contributed by atoms with Crippen LogP contribution in [0.1, 0.15) is 24.5 Å². The molecule has 17 heavy (non-hydrogen) atoms. The lowest BCUT2D eigenvalue weighted by Gasteiger charge is -2.16. The van der Waals surface area contributed by atoms with Crippen LogP contribution in [0.15, 0.2) is 29.4 Å². The first-order valence-electron chi connectivity index (χ1n) is 5.39. The van der Waals surface area contributed by atoms with Gasteiger partial charge in [0.05, 0.1) is 0 Å². The van der Waals surface area contributed by atoms with Crippen LogP contribution in [0, 0.1) is 0 Å².